The minimum atomic E-state index is -0.759. The first-order chi connectivity index (χ1) is 10.5. The molecule has 1 aromatic rings. The van der Waals surface area contributed by atoms with Gasteiger partial charge in [0.2, 0.25) is 0 Å². The number of nitrogens with one attached hydrogen (secondary N) is 1. The number of hydrogen-bond donors (Lipinski definition) is 2. The van der Waals surface area contributed by atoms with Crippen LogP contribution in [0.2, 0.25) is 0 Å². The zero-order valence-corrected chi connectivity index (χ0v) is 14.7. The number of esters is 1. The molecule has 1 heterocycles. The molecule has 0 saturated heterocycles. The van der Waals surface area contributed by atoms with Gasteiger partial charge in [-0.1, -0.05) is 13.8 Å². The highest BCUT2D eigenvalue weighted by Crippen LogP contribution is 2.14. The fourth-order valence-electron chi connectivity index (χ4n) is 1.97. The normalized spacial score (nSPS) is 13.0. The van der Waals surface area contributed by atoms with Crippen LogP contribution in [0.25, 0.3) is 0 Å². The van der Waals surface area contributed by atoms with Crippen LogP contribution in [0.15, 0.2) is 6.07 Å². The van der Waals surface area contributed by atoms with Crippen molar-refractivity contribution in [1.82, 2.24) is 15.1 Å². The Labute approximate surface area is 137 Å². The molecule has 1 amide bonds. The first-order valence-electron chi connectivity index (χ1n) is 7.74. The number of aliphatic hydroxyl groups is 1. The molecule has 0 aliphatic carbocycles. The smallest absolute Gasteiger partial charge is 0.326 e. The van der Waals surface area contributed by atoms with Gasteiger partial charge in [0, 0.05) is 12.2 Å². The number of H-pyrrole nitrogens is 1. The number of ether oxygens (including phenoxy) is 1. The predicted octanol–water partition coefficient (Wildman–Crippen LogP) is 1.70. The fraction of sp³-hybridized carbons (Fsp3) is 0.688. The number of aliphatic hydroxyl groups excluding tert-OH is 1. The van der Waals surface area contributed by atoms with Crippen molar-refractivity contribution < 1.29 is 19.4 Å². The number of rotatable bonds is 6. The van der Waals surface area contributed by atoms with Gasteiger partial charge in [0.05, 0.1) is 6.10 Å². The van der Waals surface area contributed by atoms with Gasteiger partial charge in [0.15, 0.2) is 0 Å². The molecule has 0 radical (unpaired) electrons. The number of carbonyl (C=O) groups excluding carboxylic acids is 2. The molecule has 0 aromatic carbocycles. The number of aromatic amines is 1. The van der Waals surface area contributed by atoms with Crippen molar-refractivity contribution in [3.63, 3.8) is 0 Å². The minimum Gasteiger partial charge on any atom is -0.459 e. The zero-order chi connectivity index (χ0) is 17.8. The summed E-state index contributed by atoms with van der Waals surface area (Å²) in [5.41, 5.74) is 0.425. The Morgan fingerprint density at radius 3 is 2.39 bits per heavy atom. The van der Waals surface area contributed by atoms with Gasteiger partial charge in [0.1, 0.15) is 17.8 Å². The van der Waals surface area contributed by atoms with E-state index in [1.807, 2.05) is 13.8 Å². The standard InChI is InChI=1S/C16H27N3O4/c1-10(2)12-7-13(18-17-12)15(22)19(8-11(3)20)9-14(21)23-16(4,5)6/h7,10-11,20H,8-9H2,1-6H3,(H,17,18)/t11-/m0/s1. The van der Waals surface area contributed by atoms with E-state index >= 15 is 0 Å². The molecular formula is C16H27N3O4. The van der Waals surface area contributed by atoms with Crippen LogP contribution in [-0.2, 0) is 9.53 Å². The summed E-state index contributed by atoms with van der Waals surface area (Å²) in [4.78, 5) is 25.8. The lowest BCUT2D eigenvalue weighted by Crippen LogP contribution is -2.42. The van der Waals surface area contributed by atoms with Crippen LogP contribution in [0, 0.1) is 0 Å². The van der Waals surface area contributed by atoms with Crippen molar-refractivity contribution in [1.29, 1.82) is 0 Å². The van der Waals surface area contributed by atoms with Crippen LogP contribution in [0.4, 0.5) is 0 Å². The second kappa shape index (κ2) is 7.59. The Kier molecular flexibility index (Phi) is 6.32. The van der Waals surface area contributed by atoms with Crippen molar-refractivity contribution in [2.45, 2.75) is 59.2 Å². The van der Waals surface area contributed by atoms with E-state index in [1.54, 1.807) is 33.8 Å². The van der Waals surface area contributed by atoms with E-state index in [2.05, 4.69) is 10.2 Å². The molecule has 0 fully saturated rings. The van der Waals surface area contributed by atoms with E-state index in [0.717, 1.165) is 5.69 Å². The van der Waals surface area contributed by atoms with Gasteiger partial charge in [-0.15, -0.1) is 0 Å². The molecule has 1 rings (SSSR count). The third-order valence-electron chi connectivity index (χ3n) is 2.95. The molecule has 130 valence electrons. The highest BCUT2D eigenvalue weighted by Gasteiger charge is 2.25. The summed E-state index contributed by atoms with van der Waals surface area (Å²) in [7, 11) is 0. The second-order valence-electron chi connectivity index (χ2n) is 6.98. The van der Waals surface area contributed by atoms with Crippen LogP contribution in [0.3, 0.4) is 0 Å². The Hall–Kier alpha value is -1.89. The molecule has 0 unspecified atom stereocenters. The largest absolute Gasteiger partial charge is 0.459 e. The summed E-state index contributed by atoms with van der Waals surface area (Å²) in [5.74, 6) is -0.730. The predicted molar refractivity (Wildman–Crippen MR) is 86.1 cm³/mol. The molecule has 7 nitrogen and oxygen atoms in total. The van der Waals surface area contributed by atoms with Gasteiger partial charge in [-0.3, -0.25) is 14.7 Å². The number of carbonyl (C=O) groups is 2. The Bertz CT molecular complexity index is 544. The van der Waals surface area contributed by atoms with Crippen LogP contribution < -0.4 is 0 Å². The maximum absolute atomic E-state index is 12.5. The molecular weight excluding hydrogens is 298 g/mol. The lowest BCUT2D eigenvalue weighted by atomic mass is 10.1. The van der Waals surface area contributed by atoms with Crippen LogP contribution >= 0.6 is 0 Å². The average Bonchev–Trinajstić information content (AvgIpc) is 2.83. The number of nitrogens with zero attached hydrogens (tertiary/aromatic N) is 2. The van der Waals surface area contributed by atoms with Gasteiger partial charge in [-0.2, -0.15) is 5.10 Å². The number of amides is 1. The van der Waals surface area contributed by atoms with Crippen molar-refractivity contribution in [3.05, 3.63) is 17.5 Å². The molecule has 7 heteroatoms. The van der Waals surface area contributed by atoms with Gasteiger partial charge in [-0.25, -0.2) is 0 Å². The Morgan fingerprint density at radius 2 is 1.96 bits per heavy atom. The molecule has 1 atom stereocenters. The molecule has 0 saturated carbocycles. The topological polar surface area (TPSA) is 95.5 Å². The SMILES string of the molecule is CC(C)c1cc(C(=O)N(CC(=O)OC(C)(C)C)C[C@H](C)O)n[nH]1. The summed E-state index contributed by atoms with van der Waals surface area (Å²) in [6, 6.07) is 1.66. The van der Waals surface area contributed by atoms with Gasteiger partial charge < -0.3 is 14.7 Å². The number of aromatic nitrogens is 2. The third-order valence-corrected chi connectivity index (χ3v) is 2.95. The molecule has 0 aliphatic rings. The minimum absolute atomic E-state index is 0.0297. The van der Waals surface area contributed by atoms with Crippen molar-refractivity contribution >= 4 is 11.9 Å². The van der Waals surface area contributed by atoms with Gasteiger partial charge in [0.25, 0.3) is 5.91 Å². The molecule has 0 bridgehead atoms. The highest BCUT2D eigenvalue weighted by molar-refractivity contribution is 5.94. The second-order valence-corrected chi connectivity index (χ2v) is 6.98. The maximum atomic E-state index is 12.5. The lowest BCUT2D eigenvalue weighted by Gasteiger charge is -2.25. The monoisotopic (exact) mass is 325 g/mol. The van der Waals surface area contributed by atoms with Crippen molar-refractivity contribution in [3.8, 4) is 0 Å². The van der Waals surface area contributed by atoms with Gasteiger partial charge in [-0.05, 0) is 39.7 Å². The summed E-state index contributed by atoms with van der Waals surface area (Å²) in [6.45, 7) is 10.6. The molecule has 23 heavy (non-hydrogen) atoms. The first kappa shape index (κ1) is 19.2. The summed E-state index contributed by atoms with van der Waals surface area (Å²) >= 11 is 0. The first-order valence-corrected chi connectivity index (χ1v) is 7.74. The van der Waals surface area contributed by atoms with E-state index in [-0.39, 0.29) is 24.7 Å². The highest BCUT2D eigenvalue weighted by atomic mass is 16.6. The molecule has 1 aromatic heterocycles. The fourth-order valence-corrected chi connectivity index (χ4v) is 1.97. The summed E-state index contributed by atoms with van der Waals surface area (Å²) in [5, 5.41) is 16.4. The molecule has 0 spiro atoms. The molecule has 0 aliphatic heterocycles. The van der Waals surface area contributed by atoms with Crippen LogP contribution in [-0.4, -0.2) is 56.9 Å². The quantitative estimate of drug-likeness (QED) is 0.776. The average molecular weight is 325 g/mol. The third kappa shape index (κ3) is 6.40. The van der Waals surface area contributed by atoms with Crippen molar-refractivity contribution in [2.24, 2.45) is 0 Å². The van der Waals surface area contributed by atoms with Gasteiger partial charge >= 0.3 is 5.97 Å². The number of hydrogen-bond acceptors (Lipinski definition) is 5. The van der Waals surface area contributed by atoms with E-state index in [9.17, 15) is 14.7 Å². The Balaban J connectivity index is 2.87. The Morgan fingerprint density at radius 1 is 1.35 bits per heavy atom. The van der Waals surface area contributed by atoms with E-state index in [0.29, 0.717) is 0 Å². The summed E-state index contributed by atoms with van der Waals surface area (Å²) in [6.07, 6.45) is -0.759. The van der Waals surface area contributed by atoms with Crippen LogP contribution in [0.5, 0.6) is 0 Å². The van der Waals surface area contributed by atoms with E-state index in [4.69, 9.17) is 4.74 Å². The van der Waals surface area contributed by atoms with E-state index < -0.39 is 23.6 Å². The van der Waals surface area contributed by atoms with Crippen LogP contribution in [0.1, 0.15) is 63.6 Å². The van der Waals surface area contributed by atoms with Crippen molar-refractivity contribution in [2.75, 3.05) is 13.1 Å². The molecule has 2 N–H and O–H groups in total. The summed E-state index contributed by atoms with van der Waals surface area (Å²) < 4.78 is 5.24. The maximum Gasteiger partial charge on any atom is 0.326 e. The van der Waals surface area contributed by atoms with E-state index in [1.165, 1.54) is 4.90 Å². The zero-order valence-electron chi connectivity index (χ0n) is 14.7. The lowest BCUT2D eigenvalue weighted by molar-refractivity contribution is -0.155.